The Hall–Kier alpha value is -1.91. The number of nitrogens with zero attached hydrogens (tertiary/aromatic N) is 2. The zero-order valence-corrected chi connectivity index (χ0v) is 13.9. The number of nitrogens with two attached hydrogens (primary N) is 1. The lowest BCUT2D eigenvalue weighted by Gasteiger charge is -2.09. The quantitative estimate of drug-likeness (QED) is 0.835. The van der Waals surface area contributed by atoms with Crippen LogP contribution in [0.2, 0.25) is 0 Å². The molecule has 2 aromatic rings. The van der Waals surface area contributed by atoms with Gasteiger partial charge in [0, 0.05) is 7.05 Å². The summed E-state index contributed by atoms with van der Waals surface area (Å²) >= 11 is 0. The fraction of sp³-hybridized carbons (Fsp3) is 0.250. The molecule has 1 aromatic carbocycles. The monoisotopic (exact) mass is 344 g/mol. The lowest BCUT2D eigenvalue weighted by Crippen LogP contribution is -2.16. The Morgan fingerprint density at radius 3 is 2.32 bits per heavy atom. The van der Waals surface area contributed by atoms with E-state index in [-0.39, 0.29) is 15.5 Å². The predicted molar refractivity (Wildman–Crippen MR) is 81.3 cm³/mol. The highest BCUT2D eigenvalue weighted by molar-refractivity contribution is 7.92. The summed E-state index contributed by atoms with van der Waals surface area (Å²) in [5, 5.41) is 9.09. The van der Waals surface area contributed by atoms with E-state index >= 15 is 0 Å². The minimum absolute atomic E-state index is 0.0657. The van der Waals surface area contributed by atoms with Gasteiger partial charge < -0.3 is 0 Å². The summed E-state index contributed by atoms with van der Waals surface area (Å²) in [7, 11) is -6.15. The lowest BCUT2D eigenvalue weighted by atomic mass is 10.3. The lowest BCUT2D eigenvalue weighted by molar-refractivity contribution is 0.596. The number of hydrogen-bond acceptors (Lipinski definition) is 5. The Kier molecular flexibility index (Phi) is 4.02. The number of aromatic nitrogens is 2. The number of benzene rings is 1. The van der Waals surface area contributed by atoms with Gasteiger partial charge >= 0.3 is 0 Å². The van der Waals surface area contributed by atoms with Gasteiger partial charge in [-0.3, -0.25) is 9.40 Å². The highest BCUT2D eigenvalue weighted by Crippen LogP contribution is 2.23. The van der Waals surface area contributed by atoms with Crippen molar-refractivity contribution in [1.29, 1.82) is 0 Å². The van der Waals surface area contributed by atoms with Gasteiger partial charge in [-0.15, -0.1) is 0 Å². The van der Waals surface area contributed by atoms with E-state index in [0.717, 1.165) is 6.07 Å². The number of anilines is 1. The molecule has 0 saturated carbocycles. The topological polar surface area (TPSA) is 124 Å². The van der Waals surface area contributed by atoms with Crippen LogP contribution in [0, 0.1) is 13.8 Å². The molecule has 3 N–H and O–H groups in total. The van der Waals surface area contributed by atoms with Crippen LogP contribution in [0.25, 0.3) is 0 Å². The Balaban J connectivity index is 2.46. The van der Waals surface area contributed by atoms with Crippen LogP contribution < -0.4 is 9.86 Å². The Labute approximate surface area is 129 Å². The second-order valence-electron chi connectivity index (χ2n) is 4.80. The van der Waals surface area contributed by atoms with Crippen molar-refractivity contribution in [3.63, 3.8) is 0 Å². The molecule has 0 fully saturated rings. The average Bonchev–Trinajstić information content (AvgIpc) is 2.62. The number of rotatable bonds is 4. The van der Waals surface area contributed by atoms with Gasteiger partial charge in [0.05, 0.1) is 22.0 Å². The first-order valence-electron chi connectivity index (χ1n) is 6.18. The SMILES string of the molecule is Cc1nn(C)c(C)c1S(=O)(=O)Nc1cccc(S(N)(=O)=O)c1. The molecule has 2 rings (SSSR count). The van der Waals surface area contributed by atoms with Gasteiger partial charge in [0.15, 0.2) is 0 Å². The molecule has 22 heavy (non-hydrogen) atoms. The summed E-state index contributed by atoms with van der Waals surface area (Å²) in [6.07, 6.45) is 0. The van der Waals surface area contributed by atoms with Crippen molar-refractivity contribution in [2.24, 2.45) is 12.2 Å². The van der Waals surface area contributed by atoms with E-state index in [1.54, 1.807) is 20.9 Å². The maximum Gasteiger partial charge on any atom is 0.265 e. The van der Waals surface area contributed by atoms with Crippen LogP contribution >= 0.6 is 0 Å². The molecule has 0 spiro atoms. The third-order valence-electron chi connectivity index (χ3n) is 3.13. The van der Waals surface area contributed by atoms with E-state index in [9.17, 15) is 16.8 Å². The first kappa shape index (κ1) is 16.5. The Morgan fingerprint density at radius 2 is 1.82 bits per heavy atom. The van der Waals surface area contributed by atoms with E-state index in [2.05, 4.69) is 9.82 Å². The molecular weight excluding hydrogens is 328 g/mol. The molecule has 0 aliphatic heterocycles. The van der Waals surface area contributed by atoms with E-state index in [4.69, 9.17) is 5.14 Å². The van der Waals surface area contributed by atoms with Crippen molar-refractivity contribution >= 4 is 25.7 Å². The maximum absolute atomic E-state index is 12.5. The summed E-state index contributed by atoms with van der Waals surface area (Å²) in [5.74, 6) is 0. The molecule has 0 atom stereocenters. The average molecular weight is 344 g/mol. The molecule has 0 saturated heterocycles. The second-order valence-corrected chi connectivity index (χ2v) is 7.98. The molecular formula is C12H16N4O4S2. The zero-order chi connectivity index (χ0) is 16.7. The molecule has 0 radical (unpaired) electrons. The molecule has 10 heteroatoms. The van der Waals surface area contributed by atoms with Gasteiger partial charge in [-0.2, -0.15) is 5.10 Å². The fourth-order valence-corrected chi connectivity index (χ4v) is 4.14. The number of nitrogens with one attached hydrogen (secondary N) is 1. The highest BCUT2D eigenvalue weighted by Gasteiger charge is 2.24. The summed E-state index contributed by atoms with van der Waals surface area (Å²) in [6, 6.07) is 5.29. The number of hydrogen-bond donors (Lipinski definition) is 2. The number of sulfonamides is 2. The minimum Gasteiger partial charge on any atom is -0.279 e. The fourth-order valence-electron chi connectivity index (χ4n) is 2.09. The molecule has 1 heterocycles. The third-order valence-corrected chi connectivity index (χ3v) is 5.67. The van der Waals surface area contributed by atoms with E-state index in [1.165, 1.54) is 22.9 Å². The first-order chi connectivity index (χ1) is 10.0. The van der Waals surface area contributed by atoms with Crippen LogP contribution in [0.15, 0.2) is 34.1 Å². The zero-order valence-electron chi connectivity index (χ0n) is 12.2. The molecule has 1 aromatic heterocycles. The van der Waals surface area contributed by atoms with Crippen molar-refractivity contribution in [2.45, 2.75) is 23.6 Å². The second kappa shape index (κ2) is 5.38. The molecule has 8 nitrogen and oxygen atoms in total. The van der Waals surface area contributed by atoms with Crippen LogP contribution in [0.4, 0.5) is 5.69 Å². The van der Waals surface area contributed by atoms with Crippen LogP contribution in [-0.2, 0) is 27.1 Å². The first-order valence-corrected chi connectivity index (χ1v) is 9.21. The molecule has 0 aliphatic rings. The molecule has 0 aliphatic carbocycles. The van der Waals surface area contributed by atoms with Gasteiger partial charge in [0.1, 0.15) is 4.90 Å². The highest BCUT2D eigenvalue weighted by atomic mass is 32.2. The third kappa shape index (κ3) is 3.13. The molecule has 0 amide bonds. The number of aryl methyl sites for hydroxylation is 2. The molecule has 0 unspecified atom stereocenters. The van der Waals surface area contributed by atoms with Gasteiger partial charge in [0.25, 0.3) is 10.0 Å². The largest absolute Gasteiger partial charge is 0.279 e. The van der Waals surface area contributed by atoms with Crippen molar-refractivity contribution in [3.8, 4) is 0 Å². The van der Waals surface area contributed by atoms with Gasteiger partial charge in [-0.25, -0.2) is 22.0 Å². The standard InChI is InChI=1S/C12H16N4O4S2/c1-8-12(9(2)16(3)14-8)22(19,20)15-10-5-4-6-11(7-10)21(13,17)18/h4-7,15H,1-3H3,(H2,13,17,18). The van der Waals surface area contributed by atoms with Crippen molar-refractivity contribution in [1.82, 2.24) is 9.78 Å². The van der Waals surface area contributed by atoms with Crippen molar-refractivity contribution < 1.29 is 16.8 Å². The van der Waals surface area contributed by atoms with Gasteiger partial charge in [-0.1, -0.05) is 6.07 Å². The van der Waals surface area contributed by atoms with Gasteiger partial charge in [-0.05, 0) is 32.0 Å². The van der Waals surface area contributed by atoms with Gasteiger partial charge in [0.2, 0.25) is 10.0 Å². The van der Waals surface area contributed by atoms with Crippen molar-refractivity contribution in [2.75, 3.05) is 4.72 Å². The van der Waals surface area contributed by atoms with Crippen LogP contribution in [0.5, 0.6) is 0 Å². The van der Waals surface area contributed by atoms with Crippen LogP contribution in [0.3, 0.4) is 0 Å². The summed E-state index contributed by atoms with van der Waals surface area (Å²) in [6.45, 7) is 3.22. The summed E-state index contributed by atoms with van der Waals surface area (Å²) in [4.78, 5) is -0.108. The Morgan fingerprint density at radius 1 is 1.18 bits per heavy atom. The molecule has 0 bridgehead atoms. The smallest absolute Gasteiger partial charge is 0.265 e. The Bertz CT molecular complexity index is 930. The van der Waals surface area contributed by atoms with E-state index in [1.807, 2.05) is 0 Å². The molecule has 120 valence electrons. The van der Waals surface area contributed by atoms with Crippen LogP contribution in [0.1, 0.15) is 11.4 Å². The maximum atomic E-state index is 12.5. The summed E-state index contributed by atoms with van der Waals surface area (Å²) < 4.78 is 51.4. The van der Waals surface area contributed by atoms with Crippen LogP contribution in [-0.4, -0.2) is 26.6 Å². The van der Waals surface area contributed by atoms with Crippen molar-refractivity contribution in [3.05, 3.63) is 35.7 Å². The minimum atomic E-state index is -3.91. The van der Waals surface area contributed by atoms with E-state index < -0.39 is 20.0 Å². The normalized spacial score (nSPS) is 12.4. The summed E-state index contributed by atoms with van der Waals surface area (Å²) in [5.41, 5.74) is 0.942. The predicted octanol–water partition coefficient (Wildman–Crippen LogP) is 0.485. The number of primary sulfonamides is 1. The van der Waals surface area contributed by atoms with E-state index in [0.29, 0.717) is 11.4 Å².